The largest absolute Gasteiger partial charge is 0.192 e. The van der Waals surface area contributed by atoms with Crippen LogP contribution in [0.4, 0.5) is 0 Å². The van der Waals surface area contributed by atoms with Crippen LogP contribution >= 0.6 is 0 Å². The van der Waals surface area contributed by atoms with Crippen LogP contribution in [0.3, 0.4) is 0 Å². The highest BCUT2D eigenvalue weighted by molar-refractivity contribution is 5.79. The first-order valence-corrected chi connectivity index (χ1v) is 4.83. The van der Waals surface area contributed by atoms with Gasteiger partial charge in [0.05, 0.1) is 11.6 Å². The molecule has 0 aliphatic rings. The Balaban J connectivity index is 3.19. The topological polar surface area (TPSA) is 23.8 Å². The summed E-state index contributed by atoms with van der Waals surface area (Å²) in [5, 5.41) is 9.09. The Morgan fingerprint density at radius 1 is 1.21 bits per heavy atom. The summed E-state index contributed by atoms with van der Waals surface area (Å²) in [5.74, 6) is 0.421. The van der Waals surface area contributed by atoms with E-state index in [4.69, 9.17) is 5.26 Å². The van der Waals surface area contributed by atoms with Gasteiger partial charge in [-0.15, -0.1) is 0 Å². The van der Waals surface area contributed by atoms with Crippen LogP contribution in [0.5, 0.6) is 0 Å². The number of benzene rings is 1. The monoisotopic (exact) mass is 185 g/mol. The molecule has 0 radical (unpaired) electrons. The molecule has 0 saturated carbocycles. The van der Waals surface area contributed by atoms with E-state index in [-0.39, 0.29) is 0 Å². The van der Waals surface area contributed by atoms with E-state index in [2.05, 4.69) is 19.9 Å². The number of nitrogens with zero attached hydrogens (tertiary/aromatic N) is 1. The lowest BCUT2D eigenvalue weighted by Gasteiger charge is -2.08. The second kappa shape index (κ2) is 4.62. The summed E-state index contributed by atoms with van der Waals surface area (Å²) < 4.78 is 0. The molecule has 0 saturated heterocycles. The summed E-state index contributed by atoms with van der Waals surface area (Å²) in [4.78, 5) is 0. The fourth-order valence-electron chi connectivity index (χ4n) is 1.27. The third-order valence-corrected chi connectivity index (χ3v) is 2.43. The third kappa shape index (κ3) is 2.23. The lowest BCUT2D eigenvalue weighted by Crippen LogP contribution is -1.94. The van der Waals surface area contributed by atoms with E-state index >= 15 is 0 Å². The van der Waals surface area contributed by atoms with Crippen molar-refractivity contribution in [2.24, 2.45) is 5.92 Å². The predicted molar refractivity (Wildman–Crippen MR) is 59.5 cm³/mol. The van der Waals surface area contributed by atoms with E-state index in [1.54, 1.807) is 0 Å². The molecule has 14 heavy (non-hydrogen) atoms. The van der Waals surface area contributed by atoms with Crippen molar-refractivity contribution in [3.05, 3.63) is 41.5 Å². The highest BCUT2D eigenvalue weighted by Gasteiger charge is 2.07. The summed E-state index contributed by atoms with van der Waals surface area (Å²) in [5.41, 5.74) is 2.97. The molecule has 0 aromatic heterocycles. The zero-order valence-electron chi connectivity index (χ0n) is 8.91. The van der Waals surface area contributed by atoms with Gasteiger partial charge in [-0.25, -0.2) is 0 Å². The van der Waals surface area contributed by atoms with E-state index in [1.807, 2.05) is 37.3 Å². The Morgan fingerprint density at radius 2 is 1.79 bits per heavy atom. The summed E-state index contributed by atoms with van der Waals surface area (Å²) in [6.07, 6.45) is 0. The summed E-state index contributed by atoms with van der Waals surface area (Å²) >= 11 is 0. The van der Waals surface area contributed by atoms with Gasteiger partial charge in [0, 0.05) is 0 Å². The Morgan fingerprint density at radius 3 is 2.21 bits per heavy atom. The standard InChI is InChI=1S/C13H15N/c1-10(2)11(3)13(9-14)12-7-5-4-6-8-12/h4-8,10H,1-3H3/b13-11+. The third-order valence-electron chi connectivity index (χ3n) is 2.43. The van der Waals surface area contributed by atoms with E-state index in [0.29, 0.717) is 5.92 Å². The van der Waals surface area contributed by atoms with E-state index < -0.39 is 0 Å². The Bertz CT molecular complexity index is 366. The summed E-state index contributed by atoms with van der Waals surface area (Å²) in [6, 6.07) is 12.1. The number of hydrogen-bond donors (Lipinski definition) is 0. The fraction of sp³-hybridized carbons (Fsp3) is 0.308. The molecule has 0 bridgehead atoms. The number of rotatable bonds is 2. The number of hydrogen-bond acceptors (Lipinski definition) is 1. The molecule has 0 aliphatic heterocycles. The first-order valence-electron chi connectivity index (χ1n) is 4.83. The van der Waals surface area contributed by atoms with Gasteiger partial charge in [-0.2, -0.15) is 5.26 Å². The van der Waals surface area contributed by atoms with Gasteiger partial charge in [0.25, 0.3) is 0 Å². The van der Waals surface area contributed by atoms with Crippen LogP contribution in [-0.2, 0) is 0 Å². The van der Waals surface area contributed by atoms with Gasteiger partial charge in [0.1, 0.15) is 0 Å². The van der Waals surface area contributed by atoms with Crippen LogP contribution < -0.4 is 0 Å². The first-order chi connectivity index (χ1) is 6.66. The maximum absolute atomic E-state index is 9.09. The zero-order valence-corrected chi connectivity index (χ0v) is 8.91. The van der Waals surface area contributed by atoms with Crippen molar-refractivity contribution in [1.29, 1.82) is 5.26 Å². The van der Waals surface area contributed by atoms with Gasteiger partial charge in [0.15, 0.2) is 0 Å². The van der Waals surface area contributed by atoms with E-state index in [1.165, 1.54) is 0 Å². The smallest absolute Gasteiger partial charge is 0.0997 e. The van der Waals surface area contributed by atoms with Gasteiger partial charge >= 0.3 is 0 Å². The minimum Gasteiger partial charge on any atom is -0.192 e. The molecule has 0 unspecified atom stereocenters. The molecule has 0 amide bonds. The maximum atomic E-state index is 9.09. The van der Waals surface area contributed by atoms with Gasteiger partial charge < -0.3 is 0 Å². The van der Waals surface area contributed by atoms with Gasteiger partial charge in [-0.1, -0.05) is 49.8 Å². The van der Waals surface area contributed by atoms with Crippen molar-refractivity contribution in [2.75, 3.05) is 0 Å². The lowest BCUT2D eigenvalue weighted by molar-refractivity contribution is 0.773. The van der Waals surface area contributed by atoms with Crippen molar-refractivity contribution in [1.82, 2.24) is 0 Å². The average Bonchev–Trinajstić information content (AvgIpc) is 2.20. The Labute approximate surface area is 85.7 Å². The van der Waals surface area contributed by atoms with Crippen LogP contribution in [-0.4, -0.2) is 0 Å². The second-order valence-corrected chi connectivity index (χ2v) is 3.69. The highest BCUT2D eigenvalue weighted by atomic mass is 14.3. The molecule has 1 rings (SSSR count). The molecule has 1 aromatic rings. The maximum Gasteiger partial charge on any atom is 0.0997 e. The molecule has 0 N–H and O–H groups in total. The zero-order chi connectivity index (χ0) is 10.6. The minimum atomic E-state index is 0.421. The van der Waals surface area contributed by atoms with Crippen molar-refractivity contribution < 1.29 is 0 Å². The molecule has 0 heterocycles. The van der Waals surface area contributed by atoms with Gasteiger partial charge in [0.2, 0.25) is 0 Å². The van der Waals surface area contributed by atoms with Crippen molar-refractivity contribution >= 4 is 5.57 Å². The fourth-order valence-corrected chi connectivity index (χ4v) is 1.27. The predicted octanol–water partition coefficient (Wildman–Crippen LogP) is 3.64. The highest BCUT2D eigenvalue weighted by Crippen LogP contribution is 2.22. The van der Waals surface area contributed by atoms with E-state index in [9.17, 15) is 0 Å². The number of nitriles is 1. The normalized spacial score (nSPS) is 12.2. The first kappa shape index (κ1) is 10.5. The molecule has 1 aromatic carbocycles. The van der Waals surface area contributed by atoms with Gasteiger partial charge in [-0.05, 0) is 18.4 Å². The van der Waals surface area contributed by atoms with E-state index in [0.717, 1.165) is 16.7 Å². The SMILES string of the molecule is C/C(=C(/C#N)c1ccccc1)C(C)C. The second-order valence-electron chi connectivity index (χ2n) is 3.69. The molecular weight excluding hydrogens is 170 g/mol. The number of allylic oxidation sites excluding steroid dienone is 2. The molecule has 1 heteroatoms. The molecule has 1 nitrogen and oxygen atoms in total. The Kier molecular flexibility index (Phi) is 3.48. The minimum absolute atomic E-state index is 0.421. The summed E-state index contributed by atoms with van der Waals surface area (Å²) in [7, 11) is 0. The van der Waals surface area contributed by atoms with Gasteiger partial charge in [-0.3, -0.25) is 0 Å². The molecule has 72 valence electrons. The summed E-state index contributed by atoms with van der Waals surface area (Å²) in [6.45, 7) is 6.24. The van der Waals surface area contributed by atoms with Crippen molar-refractivity contribution in [3.63, 3.8) is 0 Å². The molecule has 0 aliphatic carbocycles. The van der Waals surface area contributed by atoms with Crippen molar-refractivity contribution in [2.45, 2.75) is 20.8 Å². The van der Waals surface area contributed by atoms with Crippen molar-refractivity contribution in [3.8, 4) is 6.07 Å². The van der Waals surface area contributed by atoms with Crippen LogP contribution in [0.25, 0.3) is 5.57 Å². The molecular formula is C13H15N. The average molecular weight is 185 g/mol. The van der Waals surface area contributed by atoms with Crippen LogP contribution in [0.2, 0.25) is 0 Å². The molecule has 0 spiro atoms. The Hall–Kier alpha value is -1.55. The van der Waals surface area contributed by atoms with Crippen LogP contribution in [0, 0.1) is 17.2 Å². The van der Waals surface area contributed by atoms with Crippen LogP contribution in [0.1, 0.15) is 26.3 Å². The molecule has 0 atom stereocenters. The quantitative estimate of drug-likeness (QED) is 0.645. The lowest BCUT2D eigenvalue weighted by atomic mass is 9.95. The van der Waals surface area contributed by atoms with Crippen LogP contribution in [0.15, 0.2) is 35.9 Å². The molecule has 0 fully saturated rings.